The van der Waals surface area contributed by atoms with Gasteiger partial charge in [-0.05, 0) is 66.6 Å². The number of ether oxygens (including phenoxy) is 2. The number of aldehydes is 1. The van der Waals surface area contributed by atoms with E-state index in [4.69, 9.17) is 21.1 Å². The van der Waals surface area contributed by atoms with Gasteiger partial charge in [0.05, 0.1) is 32.3 Å². The Kier molecular flexibility index (Phi) is 7.73. The fraction of sp³-hybridized carbons (Fsp3) is 0.179. The molecule has 9 heteroatoms. The molecule has 0 amide bonds. The summed E-state index contributed by atoms with van der Waals surface area (Å²) in [6.45, 7) is 1.04. The van der Waals surface area contributed by atoms with Gasteiger partial charge in [-0.25, -0.2) is 0 Å². The standard InChI is InChI=1S/C28H24ClNO7/c1-16-22(12-26(34)37-27-20(15-33)9-18(14-32)11-25(27)36-2)23-10-17(13-31)3-8-24(23)30(16)28(35)19-4-6-21(29)7-5-19/h3-11,14,31,33H,12-13,15H2,1-2H3. The zero-order chi connectivity index (χ0) is 26.7. The van der Waals surface area contributed by atoms with Crippen LogP contribution in [0.25, 0.3) is 10.9 Å². The monoisotopic (exact) mass is 521 g/mol. The molecule has 0 atom stereocenters. The molecule has 1 heterocycles. The number of hydrogen-bond donors (Lipinski definition) is 2. The Balaban J connectivity index is 1.76. The first-order valence-electron chi connectivity index (χ1n) is 11.3. The Morgan fingerprint density at radius 3 is 2.38 bits per heavy atom. The van der Waals surface area contributed by atoms with E-state index in [0.717, 1.165) is 0 Å². The van der Waals surface area contributed by atoms with Crippen molar-refractivity contribution in [2.45, 2.75) is 26.6 Å². The molecule has 0 radical (unpaired) electrons. The number of rotatable bonds is 8. The summed E-state index contributed by atoms with van der Waals surface area (Å²) >= 11 is 5.98. The minimum absolute atomic E-state index is 0.00952. The SMILES string of the molecule is COc1cc(C=O)cc(CO)c1OC(=O)Cc1c(C)n(C(=O)c2ccc(Cl)cc2)c2ccc(CO)cc12. The highest BCUT2D eigenvalue weighted by Gasteiger charge is 2.24. The molecule has 0 aliphatic heterocycles. The number of benzene rings is 3. The third-order valence-corrected chi connectivity index (χ3v) is 6.35. The predicted octanol–water partition coefficient (Wildman–Crippen LogP) is 4.25. The van der Waals surface area contributed by atoms with Crippen LogP contribution >= 0.6 is 11.6 Å². The lowest BCUT2D eigenvalue weighted by Gasteiger charge is -2.14. The summed E-state index contributed by atoms with van der Waals surface area (Å²) in [5, 5.41) is 20.6. The van der Waals surface area contributed by atoms with Gasteiger partial charge in [-0.15, -0.1) is 0 Å². The van der Waals surface area contributed by atoms with Gasteiger partial charge >= 0.3 is 5.97 Å². The maximum atomic E-state index is 13.4. The molecule has 0 fully saturated rings. The van der Waals surface area contributed by atoms with Gasteiger partial charge in [0, 0.05) is 32.8 Å². The van der Waals surface area contributed by atoms with Gasteiger partial charge in [0.15, 0.2) is 11.5 Å². The van der Waals surface area contributed by atoms with Crippen molar-refractivity contribution in [3.63, 3.8) is 0 Å². The number of esters is 1. The molecule has 3 aromatic carbocycles. The first-order chi connectivity index (χ1) is 17.8. The molecule has 4 rings (SSSR count). The lowest BCUT2D eigenvalue weighted by atomic mass is 10.1. The van der Waals surface area contributed by atoms with Crippen molar-refractivity contribution in [3.8, 4) is 11.5 Å². The van der Waals surface area contributed by atoms with Crippen LogP contribution in [0, 0.1) is 6.92 Å². The molecular formula is C28H24ClNO7. The number of aliphatic hydroxyl groups excluding tert-OH is 2. The van der Waals surface area contributed by atoms with Crippen LogP contribution in [0.5, 0.6) is 11.5 Å². The number of nitrogens with zero attached hydrogens (tertiary/aromatic N) is 1. The molecule has 0 aliphatic rings. The fourth-order valence-corrected chi connectivity index (χ4v) is 4.39. The van der Waals surface area contributed by atoms with Crippen molar-refractivity contribution in [1.29, 1.82) is 0 Å². The average Bonchev–Trinajstić information content (AvgIpc) is 3.18. The van der Waals surface area contributed by atoms with Crippen molar-refractivity contribution in [1.82, 2.24) is 4.57 Å². The maximum Gasteiger partial charge on any atom is 0.315 e. The number of methoxy groups -OCH3 is 1. The van der Waals surface area contributed by atoms with Gasteiger partial charge in [0.1, 0.15) is 6.29 Å². The first-order valence-corrected chi connectivity index (χ1v) is 11.7. The van der Waals surface area contributed by atoms with Crippen LogP contribution in [0.2, 0.25) is 5.02 Å². The third kappa shape index (κ3) is 5.13. The van der Waals surface area contributed by atoms with E-state index in [1.165, 1.54) is 23.8 Å². The van der Waals surface area contributed by atoms with Crippen molar-refractivity contribution in [2.75, 3.05) is 7.11 Å². The van der Waals surface area contributed by atoms with Crippen LogP contribution in [0.1, 0.15) is 43.1 Å². The van der Waals surface area contributed by atoms with E-state index in [0.29, 0.717) is 44.6 Å². The molecule has 0 unspecified atom stereocenters. The van der Waals surface area contributed by atoms with Crippen LogP contribution in [0.4, 0.5) is 0 Å². The van der Waals surface area contributed by atoms with Crippen molar-refractivity contribution in [3.05, 3.63) is 93.1 Å². The quantitative estimate of drug-likeness (QED) is 0.202. The summed E-state index contributed by atoms with van der Waals surface area (Å²) in [4.78, 5) is 37.8. The topological polar surface area (TPSA) is 115 Å². The van der Waals surface area contributed by atoms with Crippen molar-refractivity contribution < 1.29 is 34.1 Å². The highest BCUT2D eigenvalue weighted by atomic mass is 35.5. The Bertz CT molecular complexity index is 1480. The summed E-state index contributed by atoms with van der Waals surface area (Å²) in [6, 6.07) is 14.5. The number of carbonyl (C=O) groups excluding carboxylic acids is 3. The van der Waals surface area contributed by atoms with E-state index in [1.54, 1.807) is 49.4 Å². The molecule has 2 N–H and O–H groups in total. The van der Waals surface area contributed by atoms with E-state index >= 15 is 0 Å². The summed E-state index contributed by atoms with van der Waals surface area (Å²) in [6.07, 6.45) is 0.392. The van der Waals surface area contributed by atoms with Crippen LogP contribution in [-0.2, 0) is 24.4 Å². The second-order valence-electron chi connectivity index (χ2n) is 8.36. The minimum atomic E-state index is -0.664. The Morgan fingerprint density at radius 2 is 1.76 bits per heavy atom. The first kappa shape index (κ1) is 26.1. The molecule has 0 bridgehead atoms. The van der Waals surface area contributed by atoms with Crippen LogP contribution < -0.4 is 9.47 Å². The summed E-state index contributed by atoms with van der Waals surface area (Å²) in [5.74, 6) is -0.830. The second kappa shape index (κ2) is 11.0. The Hall–Kier alpha value is -3.98. The highest BCUT2D eigenvalue weighted by molar-refractivity contribution is 6.30. The largest absolute Gasteiger partial charge is 0.493 e. The van der Waals surface area contributed by atoms with E-state index in [1.807, 2.05) is 0 Å². The zero-order valence-electron chi connectivity index (χ0n) is 20.2. The van der Waals surface area contributed by atoms with Crippen molar-refractivity contribution in [2.24, 2.45) is 0 Å². The molecule has 0 saturated carbocycles. The number of fused-ring (bicyclic) bond motifs is 1. The molecule has 4 aromatic rings. The summed E-state index contributed by atoms with van der Waals surface area (Å²) in [7, 11) is 1.36. The fourth-order valence-electron chi connectivity index (χ4n) is 4.27. The lowest BCUT2D eigenvalue weighted by molar-refractivity contribution is -0.133. The van der Waals surface area contributed by atoms with E-state index < -0.39 is 12.6 Å². The van der Waals surface area contributed by atoms with Crippen LogP contribution in [0.3, 0.4) is 0 Å². The number of halogens is 1. The molecule has 37 heavy (non-hydrogen) atoms. The normalized spacial score (nSPS) is 10.9. The Labute approximate surface area is 217 Å². The zero-order valence-corrected chi connectivity index (χ0v) is 20.9. The smallest absolute Gasteiger partial charge is 0.315 e. The van der Waals surface area contributed by atoms with Gasteiger partial charge < -0.3 is 19.7 Å². The van der Waals surface area contributed by atoms with Gasteiger partial charge in [-0.2, -0.15) is 0 Å². The molecule has 1 aromatic heterocycles. The number of hydrogen-bond acceptors (Lipinski definition) is 7. The Morgan fingerprint density at radius 1 is 1.03 bits per heavy atom. The molecule has 8 nitrogen and oxygen atoms in total. The summed E-state index contributed by atoms with van der Waals surface area (Å²) in [5.41, 5.74) is 3.16. The van der Waals surface area contributed by atoms with Gasteiger partial charge in [0.25, 0.3) is 5.91 Å². The van der Waals surface area contributed by atoms with E-state index in [2.05, 4.69) is 0 Å². The predicted molar refractivity (Wildman–Crippen MR) is 137 cm³/mol. The van der Waals surface area contributed by atoms with E-state index in [9.17, 15) is 24.6 Å². The van der Waals surface area contributed by atoms with E-state index in [-0.39, 0.29) is 41.6 Å². The third-order valence-electron chi connectivity index (χ3n) is 6.09. The summed E-state index contributed by atoms with van der Waals surface area (Å²) < 4.78 is 12.4. The minimum Gasteiger partial charge on any atom is -0.493 e. The molecule has 0 aliphatic carbocycles. The average molecular weight is 522 g/mol. The number of aliphatic hydroxyl groups is 2. The lowest BCUT2D eigenvalue weighted by Crippen LogP contribution is -2.16. The molecule has 0 spiro atoms. The highest BCUT2D eigenvalue weighted by Crippen LogP contribution is 2.34. The van der Waals surface area contributed by atoms with Gasteiger partial charge in [0.2, 0.25) is 0 Å². The molecule has 190 valence electrons. The van der Waals surface area contributed by atoms with Gasteiger partial charge in [-0.1, -0.05) is 17.7 Å². The van der Waals surface area contributed by atoms with Crippen LogP contribution in [0.15, 0.2) is 54.6 Å². The number of carbonyl (C=O) groups is 3. The second-order valence-corrected chi connectivity index (χ2v) is 8.80. The molecule has 0 saturated heterocycles. The number of aromatic nitrogens is 1. The molecular weight excluding hydrogens is 498 g/mol. The van der Waals surface area contributed by atoms with Gasteiger partial charge in [-0.3, -0.25) is 19.0 Å². The maximum absolute atomic E-state index is 13.4. The van der Waals surface area contributed by atoms with Crippen molar-refractivity contribution >= 4 is 40.7 Å². The van der Waals surface area contributed by atoms with Crippen LogP contribution in [-0.4, -0.2) is 40.1 Å².